The second-order valence-corrected chi connectivity index (χ2v) is 2.80. The predicted molar refractivity (Wildman–Crippen MR) is 49.0 cm³/mol. The van der Waals surface area contributed by atoms with Crippen LogP contribution in [-0.4, -0.2) is 14.1 Å². The summed E-state index contributed by atoms with van der Waals surface area (Å²) in [5.74, 6) is 0. The van der Waals surface area contributed by atoms with E-state index in [0.29, 0.717) is 0 Å². The minimum atomic E-state index is 1.09. The standard InChI is InChI=1S/C10H14N/c1-4-9-7-5-6-8-10(9)11(2)3/h5,7-8H,4H2,1-3H3. The molecule has 1 aromatic carbocycles. The van der Waals surface area contributed by atoms with E-state index in [2.05, 4.69) is 38.1 Å². The van der Waals surface area contributed by atoms with Gasteiger partial charge in [-0.2, -0.15) is 0 Å². The molecule has 0 aliphatic rings. The van der Waals surface area contributed by atoms with Crippen LogP contribution in [0.5, 0.6) is 0 Å². The van der Waals surface area contributed by atoms with Gasteiger partial charge in [0, 0.05) is 19.8 Å². The molecule has 0 saturated heterocycles. The third-order valence-corrected chi connectivity index (χ3v) is 1.79. The van der Waals surface area contributed by atoms with Crippen LogP contribution < -0.4 is 4.90 Å². The van der Waals surface area contributed by atoms with Gasteiger partial charge in [-0.25, -0.2) is 0 Å². The Morgan fingerprint density at radius 2 is 2.18 bits per heavy atom. The lowest BCUT2D eigenvalue weighted by Crippen LogP contribution is -2.10. The molecule has 0 aromatic heterocycles. The topological polar surface area (TPSA) is 3.24 Å². The summed E-state index contributed by atoms with van der Waals surface area (Å²) in [4.78, 5) is 2.12. The van der Waals surface area contributed by atoms with Crippen LogP contribution in [0.4, 0.5) is 5.69 Å². The molecule has 1 heteroatoms. The van der Waals surface area contributed by atoms with Gasteiger partial charge in [0.25, 0.3) is 0 Å². The second-order valence-electron chi connectivity index (χ2n) is 2.80. The lowest BCUT2D eigenvalue weighted by atomic mass is 10.1. The quantitative estimate of drug-likeness (QED) is 0.621. The fraction of sp³-hybridized carbons (Fsp3) is 0.400. The third-order valence-electron chi connectivity index (χ3n) is 1.79. The zero-order chi connectivity index (χ0) is 8.27. The van der Waals surface area contributed by atoms with E-state index in [1.54, 1.807) is 0 Å². The highest BCUT2D eigenvalue weighted by molar-refractivity contribution is 5.51. The van der Waals surface area contributed by atoms with E-state index in [-0.39, 0.29) is 0 Å². The minimum Gasteiger partial charge on any atom is -0.377 e. The van der Waals surface area contributed by atoms with Crippen LogP contribution in [0.1, 0.15) is 12.5 Å². The molecule has 0 aliphatic heterocycles. The van der Waals surface area contributed by atoms with Crippen LogP contribution in [0, 0.1) is 6.07 Å². The molecule has 59 valence electrons. The van der Waals surface area contributed by atoms with E-state index in [1.807, 2.05) is 12.1 Å². The maximum absolute atomic E-state index is 3.08. The van der Waals surface area contributed by atoms with E-state index in [4.69, 9.17) is 0 Å². The van der Waals surface area contributed by atoms with E-state index in [9.17, 15) is 0 Å². The normalized spacial score (nSPS) is 9.73. The zero-order valence-corrected chi connectivity index (χ0v) is 7.39. The molecule has 1 aromatic rings. The van der Waals surface area contributed by atoms with Gasteiger partial charge >= 0.3 is 0 Å². The number of anilines is 1. The van der Waals surface area contributed by atoms with Crippen molar-refractivity contribution in [2.24, 2.45) is 0 Å². The van der Waals surface area contributed by atoms with Crippen molar-refractivity contribution in [1.29, 1.82) is 0 Å². The summed E-state index contributed by atoms with van der Waals surface area (Å²) < 4.78 is 0. The van der Waals surface area contributed by atoms with Crippen molar-refractivity contribution >= 4 is 5.69 Å². The summed E-state index contributed by atoms with van der Waals surface area (Å²) in [6.45, 7) is 2.17. The molecule has 0 unspecified atom stereocenters. The molecule has 0 N–H and O–H groups in total. The van der Waals surface area contributed by atoms with E-state index in [0.717, 1.165) is 6.42 Å². The number of aryl methyl sites for hydroxylation is 1. The first kappa shape index (κ1) is 8.12. The van der Waals surface area contributed by atoms with Crippen molar-refractivity contribution in [3.63, 3.8) is 0 Å². The van der Waals surface area contributed by atoms with Crippen molar-refractivity contribution in [2.45, 2.75) is 13.3 Å². The SMILES string of the molecule is CCc1cc[c]cc1N(C)C. The number of hydrogen-bond acceptors (Lipinski definition) is 1. The average Bonchev–Trinajstić information content (AvgIpc) is 2.04. The van der Waals surface area contributed by atoms with Gasteiger partial charge < -0.3 is 4.90 Å². The third kappa shape index (κ3) is 1.73. The van der Waals surface area contributed by atoms with Crippen molar-refractivity contribution in [2.75, 3.05) is 19.0 Å². The lowest BCUT2D eigenvalue weighted by Gasteiger charge is -2.15. The van der Waals surface area contributed by atoms with E-state index in [1.165, 1.54) is 11.3 Å². The van der Waals surface area contributed by atoms with Crippen LogP contribution in [-0.2, 0) is 6.42 Å². The Kier molecular flexibility index (Phi) is 2.53. The number of hydrogen-bond donors (Lipinski definition) is 0. The molecule has 0 spiro atoms. The van der Waals surface area contributed by atoms with Gasteiger partial charge in [-0.3, -0.25) is 0 Å². The highest BCUT2D eigenvalue weighted by atomic mass is 15.1. The maximum atomic E-state index is 3.08. The van der Waals surface area contributed by atoms with Crippen LogP contribution in [0.25, 0.3) is 0 Å². The van der Waals surface area contributed by atoms with Gasteiger partial charge in [-0.15, -0.1) is 0 Å². The molecule has 0 bridgehead atoms. The summed E-state index contributed by atoms with van der Waals surface area (Å²) in [5.41, 5.74) is 2.66. The summed E-state index contributed by atoms with van der Waals surface area (Å²) in [6, 6.07) is 9.19. The Morgan fingerprint density at radius 1 is 1.45 bits per heavy atom. The number of benzene rings is 1. The summed E-state index contributed by atoms with van der Waals surface area (Å²) in [7, 11) is 4.12. The largest absolute Gasteiger partial charge is 0.377 e. The molecule has 0 amide bonds. The van der Waals surface area contributed by atoms with Crippen molar-refractivity contribution in [1.82, 2.24) is 0 Å². The Morgan fingerprint density at radius 3 is 2.64 bits per heavy atom. The molecular weight excluding hydrogens is 134 g/mol. The minimum absolute atomic E-state index is 1.09. The van der Waals surface area contributed by atoms with Gasteiger partial charge in [-0.1, -0.05) is 19.1 Å². The fourth-order valence-electron chi connectivity index (χ4n) is 1.17. The Hall–Kier alpha value is -0.980. The van der Waals surface area contributed by atoms with E-state index < -0.39 is 0 Å². The Labute approximate surface area is 68.7 Å². The molecular formula is C10H14N. The summed E-state index contributed by atoms with van der Waals surface area (Å²) in [6.07, 6.45) is 1.09. The number of rotatable bonds is 2. The molecule has 0 fully saturated rings. The smallest absolute Gasteiger partial charge is 0.0399 e. The molecule has 0 atom stereocenters. The molecule has 11 heavy (non-hydrogen) atoms. The van der Waals surface area contributed by atoms with Gasteiger partial charge in [0.15, 0.2) is 0 Å². The fourth-order valence-corrected chi connectivity index (χ4v) is 1.17. The van der Waals surface area contributed by atoms with Crippen molar-refractivity contribution in [3.8, 4) is 0 Å². The van der Waals surface area contributed by atoms with Crippen molar-refractivity contribution < 1.29 is 0 Å². The highest BCUT2D eigenvalue weighted by Crippen LogP contribution is 2.17. The van der Waals surface area contributed by atoms with Crippen LogP contribution in [0.3, 0.4) is 0 Å². The molecule has 1 radical (unpaired) electrons. The average molecular weight is 148 g/mol. The first-order valence-corrected chi connectivity index (χ1v) is 3.92. The molecule has 1 nitrogen and oxygen atoms in total. The summed E-state index contributed by atoms with van der Waals surface area (Å²) >= 11 is 0. The van der Waals surface area contributed by atoms with Crippen LogP contribution in [0.2, 0.25) is 0 Å². The van der Waals surface area contributed by atoms with E-state index >= 15 is 0 Å². The highest BCUT2D eigenvalue weighted by Gasteiger charge is 1.99. The van der Waals surface area contributed by atoms with Crippen LogP contribution in [0.15, 0.2) is 18.2 Å². The Bertz CT molecular complexity index is 228. The maximum Gasteiger partial charge on any atom is 0.0399 e. The monoisotopic (exact) mass is 148 g/mol. The Balaban J connectivity index is 3.02. The van der Waals surface area contributed by atoms with Crippen LogP contribution >= 0.6 is 0 Å². The molecule has 1 rings (SSSR count). The van der Waals surface area contributed by atoms with Gasteiger partial charge in [0.1, 0.15) is 0 Å². The first-order valence-electron chi connectivity index (χ1n) is 3.92. The van der Waals surface area contributed by atoms with Crippen molar-refractivity contribution in [3.05, 3.63) is 29.8 Å². The van der Waals surface area contributed by atoms with Gasteiger partial charge in [-0.05, 0) is 24.1 Å². The predicted octanol–water partition coefficient (Wildman–Crippen LogP) is 2.12. The number of nitrogens with zero attached hydrogens (tertiary/aromatic N) is 1. The lowest BCUT2D eigenvalue weighted by molar-refractivity contribution is 1.06. The molecule has 0 heterocycles. The first-order chi connectivity index (χ1) is 5.25. The molecule has 0 aliphatic carbocycles. The van der Waals surface area contributed by atoms with Gasteiger partial charge in [0.05, 0.1) is 0 Å². The molecule has 0 saturated carbocycles. The van der Waals surface area contributed by atoms with Gasteiger partial charge in [0.2, 0.25) is 0 Å². The second kappa shape index (κ2) is 3.42. The zero-order valence-electron chi connectivity index (χ0n) is 7.39. The summed E-state index contributed by atoms with van der Waals surface area (Å²) in [5, 5.41) is 0.